The molecule has 0 saturated carbocycles. The molecule has 9 heteroatoms. The highest BCUT2D eigenvalue weighted by Gasteiger charge is 2.44. The molecule has 4 rings (SSSR count). The first-order valence-corrected chi connectivity index (χ1v) is 9.35. The largest absolute Gasteiger partial charge is 0.443 e. The van der Waals surface area contributed by atoms with Crippen LogP contribution in [0.15, 0.2) is 39.8 Å². The third-order valence-corrected chi connectivity index (χ3v) is 6.42. The number of carbonyl (C=O) groups is 2. The molecule has 25 heavy (non-hydrogen) atoms. The molecule has 0 unspecified atom stereocenters. The van der Waals surface area contributed by atoms with Crippen LogP contribution < -0.4 is 0 Å². The lowest BCUT2D eigenvalue weighted by molar-refractivity contribution is -0.156. The number of likely N-dealkylation sites (N-methyl/N-ethyl adjacent to an activating group) is 1. The molecule has 1 atom stereocenters. The fourth-order valence-corrected chi connectivity index (χ4v) is 4.71. The van der Waals surface area contributed by atoms with E-state index in [2.05, 4.69) is 0 Å². The fraction of sp³-hybridized carbons (Fsp3) is 0.375. The zero-order valence-corrected chi connectivity index (χ0v) is 14.4. The predicted molar refractivity (Wildman–Crippen MR) is 88.1 cm³/mol. The molecule has 0 spiro atoms. The number of hydrogen-bond acceptors (Lipinski definition) is 5. The second kappa shape index (κ2) is 5.57. The maximum atomic E-state index is 12.9. The standard InChI is InChI=1S/C16H17N3O5S/c1-17-10-14(20)19-7-6-18(9-12(19)16(17)21)25(22,23)15-8-11-4-2-3-5-13(11)24-15/h2-5,8,12H,6-7,9-10H2,1H3/t12-/m1/s1. The highest BCUT2D eigenvalue weighted by atomic mass is 32.2. The number of piperazine rings is 2. The Labute approximate surface area is 144 Å². The molecule has 132 valence electrons. The maximum Gasteiger partial charge on any atom is 0.276 e. The van der Waals surface area contributed by atoms with Gasteiger partial charge in [-0.3, -0.25) is 9.59 Å². The maximum absolute atomic E-state index is 12.9. The number of amides is 2. The molecule has 2 amide bonds. The van der Waals surface area contributed by atoms with Gasteiger partial charge in [-0.1, -0.05) is 18.2 Å². The summed E-state index contributed by atoms with van der Waals surface area (Å²) in [7, 11) is -2.33. The van der Waals surface area contributed by atoms with Crippen LogP contribution in [0.1, 0.15) is 0 Å². The van der Waals surface area contributed by atoms with Gasteiger partial charge in [0.1, 0.15) is 11.6 Å². The van der Waals surface area contributed by atoms with Crippen molar-refractivity contribution in [3.8, 4) is 0 Å². The molecule has 2 aliphatic rings. The molecule has 0 aliphatic carbocycles. The second-order valence-corrected chi connectivity index (χ2v) is 8.13. The Morgan fingerprint density at radius 2 is 1.92 bits per heavy atom. The number of para-hydroxylation sites is 1. The molecule has 8 nitrogen and oxygen atoms in total. The van der Waals surface area contributed by atoms with E-state index in [1.165, 1.54) is 20.2 Å². The summed E-state index contributed by atoms with van der Waals surface area (Å²) in [5, 5.41) is 0.549. The van der Waals surface area contributed by atoms with E-state index >= 15 is 0 Å². The lowest BCUT2D eigenvalue weighted by atomic mass is 10.1. The first-order valence-electron chi connectivity index (χ1n) is 7.91. The van der Waals surface area contributed by atoms with Gasteiger partial charge in [0.25, 0.3) is 10.0 Å². The van der Waals surface area contributed by atoms with E-state index in [0.29, 0.717) is 11.0 Å². The van der Waals surface area contributed by atoms with Gasteiger partial charge < -0.3 is 14.2 Å². The molecule has 2 aliphatic heterocycles. The highest BCUT2D eigenvalue weighted by Crippen LogP contribution is 2.27. The van der Waals surface area contributed by atoms with Crippen molar-refractivity contribution in [2.45, 2.75) is 11.1 Å². The molecule has 2 fully saturated rings. The normalized spacial score (nSPS) is 22.5. The summed E-state index contributed by atoms with van der Waals surface area (Å²) >= 11 is 0. The number of benzene rings is 1. The number of hydrogen-bond donors (Lipinski definition) is 0. The summed E-state index contributed by atoms with van der Waals surface area (Å²) in [4.78, 5) is 27.2. The van der Waals surface area contributed by atoms with Crippen LogP contribution in [0.25, 0.3) is 11.0 Å². The van der Waals surface area contributed by atoms with Crippen molar-refractivity contribution in [3.63, 3.8) is 0 Å². The van der Waals surface area contributed by atoms with Crippen LogP contribution in [0.4, 0.5) is 0 Å². The Morgan fingerprint density at radius 3 is 2.68 bits per heavy atom. The number of carbonyl (C=O) groups excluding carboxylic acids is 2. The topological polar surface area (TPSA) is 91.1 Å². The number of nitrogens with zero attached hydrogens (tertiary/aromatic N) is 3. The molecule has 0 N–H and O–H groups in total. The monoisotopic (exact) mass is 363 g/mol. The Hall–Kier alpha value is -2.39. The van der Waals surface area contributed by atoms with Crippen LogP contribution in [0.2, 0.25) is 0 Å². The van der Waals surface area contributed by atoms with Gasteiger partial charge in [0.05, 0.1) is 6.54 Å². The minimum atomic E-state index is -3.87. The lowest BCUT2D eigenvalue weighted by Crippen LogP contribution is -2.66. The van der Waals surface area contributed by atoms with E-state index in [0.717, 1.165) is 0 Å². The van der Waals surface area contributed by atoms with Gasteiger partial charge in [0.15, 0.2) is 0 Å². The second-order valence-electron chi connectivity index (χ2n) is 6.26. The molecular weight excluding hydrogens is 346 g/mol. The SMILES string of the molecule is CN1CC(=O)N2CCN(S(=O)(=O)c3cc4ccccc4o3)C[C@@H]2C1=O. The van der Waals surface area contributed by atoms with E-state index in [-0.39, 0.29) is 43.1 Å². The van der Waals surface area contributed by atoms with Gasteiger partial charge in [-0.15, -0.1) is 0 Å². The zero-order chi connectivity index (χ0) is 17.8. The molecule has 2 aromatic rings. The number of rotatable bonds is 2. The molecule has 1 aromatic carbocycles. The molecule has 1 aromatic heterocycles. The van der Waals surface area contributed by atoms with Crippen molar-refractivity contribution in [2.24, 2.45) is 0 Å². The third kappa shape index (κ3) is 2.50. The zero-order valence-electron chi connectivity index (χ0n) is 13.6. The summed E-state index contributed by atoms with van der Waals surface area (Å²) in [6, 6.07) is 7.74. The van der Waals surface area contributed by atoms with Crippen LogP contribution >= 0.6 is 0 Å². The predicted octanol–water partition coefficient (Wildman–Crippen LogP) is 0.106. The van der Waals surface area contributed by atoms with Gasteiger partial charge >= 0.3 is 0 Å². The quantitative estimate of drug-likeness (QED) is 0.755. The van der Waals surface area contributed by atoms with E-state index in [1.807, 2.05) is 0 Å². The van der Waals surface area contributed by atoms with Gasteiger partial charge in [0, 0.05) is 38.1 Å². The van der Waals surface area contributed by atoms with Crippen LogP contribution in [-0.4, -0.2) is 73.6 Å². The van der Waals surface area contributed by atoms with Gasteiger partial charge in [-0.05, 0) is 6.07 Å². The van der Waals surface area contributed by atoms with Crippen molar-refractivity contribution >= 4 is 32.8 Å². The van der Waals surface area contributed by atoms with Crippen molar-refractivity contribution < 1.29 is 22.4 Å². The van der Waals surface area contributed by atoms with E-state index < -0.39 is 16.1 Å². The van der Waals surface area contributed by atoms with Crippen molar-refractivity contribution in [1.29, 1.82) is 0 Å². The number of furan rings is 1. The Morgan fingerprint density at radius 1 is 1.16 bits per heavy atom. The average molecular weight is 363 g/mol. The van der Waals surface area contributed by atoms with Crippen LogP contribution in [0.5, 0.6) is 0 Å². The Kier molecular flexibility index (Phi) is 3.58. The minimum absolute atomic E-state index is 0.0334. The van der Waals surface area contributed by atoms with Crippen molar-refractivity contribution in [1.82, 2.24) is 14.1 Å². The van der Waals surface area contributed by atoms with Gasteiger partial charge in [-0.25, -0.2) is 8.42 Å². The molecule has 2 saturated heterocycles. The van der Waals surface area contributed by atoms with Crippen LogP contribution in [0.3, 0.4) is 0 Å². The summed E-state index contributed by atoms with van der Waals surface area (Å²) in [6.45, 7) is 0.307. The third-order valence-electron chi connectivity index (χ3n) is 4.69. The Balaban J connectivity index is 1.65. The molecule has 3 heterocycles. The summed E-state index contributed by atoms with van der Waals surface area (Å²) in [5.41, 5.74) is 0.489. The van der Waals surface area contributed by atoms with Gasteiger partial charge in [0.2, 0.25) is 16.9 Å². The first-order chi connectivity index (χ1) is 11.9. The summed E-state index contributed by atoms with van der Waals surface area (Å²) in [5.74, 6) is -0.406. The average Bonchev–Trinajstić information content (AvgIpc) is 3.04. The van der Waals surface area contributed by atoms with Crippen LogP contribution in [0, 0.1) is 0 Å². The smallest absolute Gasteiger partial charge is 0.276 e. The lowest BCUT2D eigenvalue weighted by Gasteiger charge is -2.44. The van der Waals surface area contributed by atoms with E-state index in [1.54, 1.807) is 31.3 Å². The minimum Gasteiger partial charge on any atom is -0.443 e. The highest BCUT2D eigenvalue weighted by molar-refractivity contribution is 7.89. The number of fused-ring (bicyclic) bond motifs is 2. The molecule has 0 bridgehead atoms. The van der Waals surface area contributed by atoms with E-state index in [4.69, 9.17) is 4.42 Å². The molecular formula is C16H17N3O5S. The van der Waals surface area contributed by atoms with Crippen molar-refractivity contribution in [2.75, 3.05) is 33.2 Å². The van der Waals surface area contributed by atoms with E-state index in [9.17, 15) is 18.0 Å². The van der Waals surface area contributed by atoms with Gasteiger partial charge in [-0.2, -0.15) is 4.31 Å². The van der Waals surface area contributed by atoms with Crippen LogP contribution in [-0.2, 0) is 19.6 Å². The fourth-order valence-electron chi connectivity index (χ4n) is 3.32. The van der Waals surface area contributed by atoms with Crippen molar-refractivity contribution in [3.05, 3.63) is 30.3 Å². The summed E-state index contributed by atoms with van der Waals surface area (Å²) in [6.07, 6.45) is 0. The summed E-state index contributed by atoms with van der Waals surface area (Å²) < 4.78 is 32.5. The number of sulfonamides is 1. The molecule has 0 radical (unpaired) electrons. The first kappa shape index (κ1) is 16.1. The Bertz CT molecular complexity index is 934.